The van der Waals surface area contributed by atoms with Gasteiger partial charge in [0.1, 0.15) is 5.69 Å². The number of carbonyl (C=O) groups excluding carboxylic acids is 1. The van der Waals surface area contributed by atoms with E-state index in [2.05, 4.69) is 5.10 Å². The van der Waals surface area contributed by atoms with Crippen molar-refractivity contribution in [1.82, 2.24) is 9.78 Å². The number of nitro groups is 1. The Balaban J connectivity index is 3.26. The molecule has 2 N–H and O–H groups in total. The van der Waals surface area contributed by atoms with E-state index < -0.39 is 10.8 Å². The van der Waals surface area contributed by atoms with Gasteiger partial charge in [0.05, 0.1) is 11.5 Å². The highest BCUT2D eigenvalue weighted by Crippen LogP contribution is 2.30. The first-order chi connectivity index (χ1) is 7.88. The minimum Gasteiger partial charge on any atom is -0.368 e. The van der Waals surface area contributed by atoms with Crippen LogP contribution in [-0.4, -0.2) is 34.2 Å². The summed E-state index contributed by atoms with van der Waals surface area (Å²) in [6.07, 6.45) is 0.453. The zero-order chi connectivity index (χ0) is 13.2. The van der Waals surface area contributed by atoms with Gasteiger partial charge in [-0.1, -0.05) is 6.92 Å². The van der Waals surface area contributed by atoms with Crippen LogP contribution in [-0.2, 0) is 18.3 Å². The highest BCUT2D eigenvalue weighted by molar-refractivity contribution is 5.80. The molecular weight excluding hydrogens is 226 g/mol. The fourth-order valence-electron chi connectivity index (χ4n) is 1.72. The first-order valence-electron chi connectivity index (χ1n) is 5.08. The number of likely N-dealkylation sites (N-methyl/N-ethyl adjacent to an activating group) is 1. The van der Waals surface area contributed by atoms with Crippen LogP contribution in [0.5, 0.6) is 0 Å². The van der Waals surface area contributed by atoms with E-state index in [4.69, 9.17) is 5.73 Å². The van der Waals surface area contributed by atoms with Crippen molar-refractivity contribution >= 4 is 17.4 Å². The summed E-state index contributed by atoms with van der Waals surface area (Å²) >= 11 is 0. The summed E-state index contributed by atoms with van der Waals surface area (Å²) in [6.45, 7) is 1.69. The minimum absolute atomic E-state index is 0.0706. The smallest absolute Gasteiger partial charge is 0.334 e. The Morgan fingerprint density at radius 2 is 2.24 bits per heavy atom. The average molecular weight is 241 g/mol. The van der Waals surface area contributed by atoms with E-state index in [9.17, 15) is 14.9 Å². The number of primary amides is 1. The molecule has 0 aliphatic heterocycles. The first-order valence-corrected chi connectivity index (χ1v) is 5.08. The first kappa shape index (κ1) is 12.9. The van der Waals surface area contributed by atoms with Crippen molar-refractivity contribution in [2.45, 2.75) is 13.3 Å². The van der Waals surface area contributed by atoms with Crippen LogP contribution >= 0.6 is 0 Å². The maximum atomic E-state index is 11.0. The number of carbonyl (C=O) groups is 1. The van der Waals surface area contributed by atoms with E-state index in [-0.39, 0.29) is 18.1 Å². The molecule has 0 aliphatic rings. The quantitative estimate of drug-likeness (QED) is 0.568. The predicted octanol–water partition coefficient (Wildman–Crippen LogP) is -0.188. The SMILES string of the molecule is CCc1nn(C)c(N(C)CC(N)=O)c1[N+](=O)[O-]. The molecule has 0 saturated heterocycles. The number of rotatable bonds is 5. The molecule has 1 rings (SSSR count). The molecule has 0 aromatic carbocycles. The van der Waals surface area contributed by atoms with Gasteiger partial charge in [0.25, 0.3) is 0 Å². The van der Waals surface area contributed by atoms with Gasteiger partial charge in [-0.25, -0.2) is 4.68 Å². The van der Waals surface area contributed by atoms with Crippen molar-refractivity contribution in [3.8, 4) is 0 Å². The van der Waals surface area contributed by atoms with Gasteiger partial charge in [0, 0.05) is 14.1 Å². The van der Waals surface area contributed by atoms with Gasteiger partial charge < -0.3 is 10.6 Å². The number of nitrogens with two attached hydrogens (primary N) is 1. The molecule has 1 aromatic heterocycles. The second-order valence-corrected chi connectivity index (χ2v) is 3.68. The molecule has 0 bridgehead atoms. The monoisotopic (exact) mass is 241 g/mol. The molecule has 0 unspecified atom stereocenters. The number of hydrogen-bond donors (Lipinski definition) is 1. The van der Waals surface area contributed by atoms with Crippen LogP contribution in [0.15, 0.2) is 0 Å². The highest BCUT2D eigenvalue weighted by Gasteiger charge is 2.28. The number of anilines is 1. The minimum atomic E-state index is -0.555. The Labute approximate surface area is 98.1 Å². The van der Waals surface area contributed by atoms with Gasteiger partial charge in [0.2, 0.25) is 11.7 Å². The molecule has 8 heteroatoms. The van der Waals surface area contributed by atoms with Gasteiger partial charge in [-0.15, -0.1) is 0 Å². The number of aromatic nitrogens is 2. The van der Waals surface area contributed by atoms with Crippen LogP contribution < -0.4 is 10.6 Å². The molecule has 94 valence electrons. The molecule has 0 fully saturated rings. The fraction of sp³-hybridized carbons (Fsp3) is 0.556. The number of nitrogens with zero attached hydrogens (tertiary/aromatic N) is 4. The standard InChI is InChI=1S/C9H15N5O3/c1-4-6-8(14(16)17)9(13(3)11-6)12(2)5-7(10)15/h4-5H2,1-3H3,(H2,10,15). The Hall–Kier alpha value is -2.12. The fourth-order valence-corrected chi connectivity index (χ4v) is 1.72. The number of aryl methyl sites for hydroxylation is 2. The zero-order valence-corrected chi connectivity index (χ0v) is 10.0. The van der Waals surface area contributed by atoms with Crippen LogP contribution in [0.25, 0.3) is 0 Å². The average Bonchev–Trinajstić information content (AvgIpc) is 2.54. The van der Waals surface area contributed by atoms with Crippen LogP contribution in [0.4, 0.5) is 11.5 Å². The van der Waals surface area contributed by atoms with E-state index in [1.54, 1.807) is 21.0 Å². The third-order valence-electron chi connectivity index (χ3n) is 2.33. The van der Waals surface area contributed by atoms with Gasteiger partial charge in [-0.2, -0.15) is 5.10 Å². The second kappa shape index (κ2) is 4.81. The van der Waals surface area contributed by atoms with Gasteiger partial charge in [-0.3, -0.25) is 14.9 Å². The van der Waals surface area contributed by atoms with Crippen molar-refractivity contribution < 1.29 is 9.72 Å². The number of hydrogen-bond acceptors (Lipinski definition) is 5. The lowest BCUT2D eigenvalue weighted by Gasteiger charge is -2.15. The van der Waals surface area contributed by atoms with E-state index in [0.29, 0.717) is 12.1 Å². The summed E-state index contributed by atoms with van der Waals surface area (Å²) < 4.78 is 1.39. The van der Waals surface area contributed by atoms with Gasteiger partial charge >= 0.3 is 5.69 Å². The highest BCUT2D eigenvalue weighted by atomic mass is 16.6. The molecule has 1 aromatic rings. The lowest BCUT2D eigenvalue weighted by Crippen LogP contribution is -2.32. The summed E-state index contributed by atoms with van der Waals surface area (Å²) in [5, 5.41) is 15.1. The number of amides is 1. The Morgan fingerprint density at radius 1 is 1.65 bits per heavy atom. The Kier molecular flexibility index (Phi) is 3.66. The van der Waals surface area contributed by atoms with E-state index in [1.165, 1.54) is 9.58 Å². The summed E-state index contributed by atoms with van der Waals surface area (Å²) in [5.74, 6) is -0.272. The summed E-state index contributed by atoms with van der Waals surface area (Å²) in [4.78, 5) is 22.8. The van der Waals surface area contributed by atoms with Crippen LogP contribution in [0.2, 0.25) is 0 Å². The topological polar surface area (TPSA) is 107 Å². The van der Waals surface area contributed by atoms with Crippen molar-refractivity contribution in [2.24, 2.45) is 12.8 Å². The molecule has 1 heterocycles. The molecule has 0 saturated carbocycles. The molecule has 0 atom stereocenters. The third kappa shape index (κ3) is 2.52. The molecule has 8 nitrogen and oxygen atoms in total. The van der Waals surface area contributed by atoms with Gasteiger partial charge in [-0.05, 0) is 6.42 Å². The van der Waals surface area contributed by atoms with Gasteiger partial charge in [0.15, 0.2) is 0 Å². The van der Waals surface area contributed by atoms with Crippen molar-refractivity contribution in [3.05, 3.63) is 15.8 Å². The summed E-state index contributed by atoms with van der Waals surface area (Å²) in [7, 11) is 3.16. The van der Waals surface area contributed by atoms with Crippen molar-refractivity contribution in [3.63, 3.8) is 0 Å². The Morgan fingerprint density at radius 3 is 2.65 bits per heavy atom. The molecule has 1 amide bonds. The third-order valence-corrected chi connectivity index (χ3v) is 2.33. The normalized spacial score (nSPS) is 10.3. The Bertz CT molecular complexity index is 454. The molecule has 0 radical (unpaired) electrons. The molecule has 0 spiro atoms. The van der Waals surface area contributed by atoms with Crippen LogP contribution in [0.3, 0.4) is 0 Å². The lowest BCUT2D eigenvalue weighted by atomic mass is 10.3. The lowest BCUT2D eigenvalue weighted by molar-refractivity contribution is -0.384. The predicted molar refractivity (Wildman–Crippen MR) is 61.7 cm³/mol. The second-order valence-electron chi connectivity index (χ2n) is 3.68. The van der Waals surface area contributed by atoms with Crippen LogP contribution in [0, 0.1) is 10.1 Å². The van der Waals surface area contributed by atoms with E-state index >= 15 is 0 Å². The molecule has 0 aliphatic carbocycles. The maximum absolute atomic E-state index is 11.0. The van der Waals surface area contributed by atoms with E-state index in [1.807, 2.05) is 0 Å². The molecule has 17 heavy (non-hydrogen) atoms. The van der Waals surface area contributed by atoms with Crippen molar-refractivity contribution in [2.75, 3.05) is 18.5 Å². The zero-order valence-electron chi connectivity index (χ0n) is 10.0. The van der Waals surface area contributed by atoms with Crippen molar-refractivity contribution in [1.29, 1.82) is 0 Å². The van der Waals surface area contributed by atoms with E-state index in [0.717, 1.165) is 0 Å². The largest absolute Gasteiger partial charge is 0.368 e. The summed E-state index contributed by atoms with van der Waals surface area (Å²) in [6, 6.07) is 0. The van der Waals surface area contributed by atoms with Crippen LogP contribution in [0.1, 0.15) is 12.6 Å². The maximum Gasteiger partial charge on any atom is 0.334 e. The summed E-state index contributed by atoms with van der Waals surface area (Å²) in [5.41, 5.74) is 5.39. The molecular formula is C9H15N5O3.